The summed E-state index contributed by atoms with van der Waals surface area (Å²) < 4.78 is 14.9. The Morgan fingerprint density at radius 3 is 2.43 bits per heavy atom. The number of hydrogen-bond acceptors (Lipinski definition) is 7. The summed E-state index contributed by atoms with van der Waals surface area (Å²) in [5.41, 5.74) is 2.61. The summed E-state index contributed by atoms with van der Waals surface area (Å²) in [7, 11) is 0. The maximum atomic E-state index is 13.1. The first-order chi connectivity index (χ1) is 13.7. The van der Waals surface area contributed by atoms with E-state index < -0.39 is 0 Å². The topological polar surface area (TPSA) is 62.5 Å². The Kier molecular flexibility index (Phi) is 4.16. The fourth-order valence-electron chi connectivity index (χ4n) is 3.31. The number of halogens is 1. The van der Waals surface area contributed by atoms with E-state index in [1.165, 1.54) is 12.1 Å². The van der Waals surface area contributed by atoms with E-state index in [-0.39, 0.29) is 5.82 Å². The Morgan fingerprint density at radius 2 is 1.71 bits per heavy atom. The molecule has 0 amide bonds. The van der Waals surface area contributed by atoms with E-state index in [9.17, 15) is 4.39 Å². The molecule has 9 heteroatoms. The number of piperazine rings is 1. The molecule has 1 aliphatic heterocycles. The number of anilines is 2. The number of aryl methyl sites for hydroxylation is 1. The normalized spacial score (nSPS) is 14.8. The van der Waals surface area contributed by atoms with Crippen LogP contribution in [0.2, 0.25) is 0 Å². The van der Waals surface area contributed by atoms with E-state index >= 15 is 0 Å². The number of nitrogens with zero attached hydrogens (tertiary/aromatic N) is 7. The van der Waals surface area contributed by atoms with Crippen molar-refractivity contribution in [2.45, 2.75) is 6.92 Å². The van der Waals surface area contributed by atoms with Gasteiger partial charge in [0, 0.05) is 37.9 Å². The van der Waals surface area contributed by atoms with Gasteiger partial charge in [0.15, 0.2) is 0 Å². The average molecular weight is 395 g/mol. The van der Waals surface area contributed by atoms with Gasteiger partial charge in [-0.1, -0.05) is 11.3 Å². The van der Waals surface area contributed by atoms with Crippen molar-refractivity contribution in [3.63, 3.8) is 0 Å². The molecule has 142 valence electrons. The molecule has 1 saturated heterocycles. The Balaban J connectivity index is 1.31. The molecule has 4 aromatic rings. The van der Waals surface area contributed by atoms with Crippen molar-refractivity contribution in [3.8, 4) is 11.3 Å². The average Bonchev–Trinajstić information content (AvgIpc) is 3.28. The Bertz CT molecular complexity index is 1080. The van der Waals surface area contributed by atoms with Gasteiger partial charge in [0.1, 0.15) is 11.6 Å². The van der Waals surface area contributed by atoms with Crippen molar-refractivity contribution in [3.05, 3.63) is 54.4 Å². The first-order valence-corrected chi connectivity index (χ1v) is 9.88. The molecule has 4 heterocycles. The van der Waals surface area contributed by atoms with Gasteiger partial charge in [0.05, 0.1) is 23.8 Å². The highest BCUT2D eigenvalue weighted by atomic mass is 32.1. The molecular weight excluding hydrogens is 377 g/mol. The molecule has 0 atom stereocenters. The van der Waals surface area contributed by atoms with E-state index in [1.807, 2.05) is 19.3 Å². The molecule has 0 aliphatic carbocycles. The van der Waals surface area contributed by atoms with E-state index in [0.29, 0.717) is 0 Å². The van der Waals surface area contributed by atoms with Crippen LogP contribution in [0.5, 0.6) is 0 Å². The summed E-state index contributed by atoms with van der Waals surface area (Å²) in [6.07, 6.45) is 5.48. The lowest BCUT2D eigenvalue weighted by Gasteiger charge is -2.34. The summed E-state index contributed by atoms with van der Waals surface area (Å²) in [6.45, 7) is 5.45. The molecule has 5 rings (SSSR count). The predicted octanol–water partition coefficient (Wildman–Crippen LogP) is 3.02. The molecule has 1 aromatic carbocycles. The zero-order valence-corrected chi connectivity index (χ0v) is 16.1. The smallest absolute Gasteiger partial charge is 0.214 e. The minimum Gasteiger partial charge on any atom is -0.352 e. The van der Waals surface area contributed by atoms with Gasteiger partial charge in [-0.2, -0.15) is 0 Å². The van der Waals surface area contributed by atoms with Crippen molar-refractivity contribution < 1.29 is 4.39 Å². The van der Waals surface area contributed by atoms with Gasteiger partial charge in [-0.15, -0.1) is 5.10 Å². The largest absolute Gasteiger partial charge is 0.352 e. The summed E-state index contributed by atoms with van der Waals surface area (Å²) in [4.78, 5) is 18.8. The Hall–Kier alpha value is -3.07. The number of aromatic nitrogens is 5. The molecule has 0 N–H and O–H groups in total. The number of benzene rings is 1. The van der Waals surface area contributed by atoms with Crippen molar-refractivity contribution in [1.82, 2.24) is 24.6 Å². The molecule has 28 heavy (non-hydrogen) atoms. The second-order valence-electron chi connectivity index (χ2n) is 6.74. The maximum absolute atomic E-state index is 13.1. The summed E-state index contributed by atoms with van der Waals surface area (Å²) in [6, 6.07) is 6.35. The quantitative estimate of drug-likeness (QED) is 0.531. The van der Waals surface area contributed by atoms with E-state index in [1.54, 1.807) is 34.2 Å². The van der Waals surface area contributed by atoms with Gasteiger partial charge in [-0.25, -0.2) is 18.9 Å². The fourth-order valence-corrected chi connectivity index (χ4v) is 4.24. The van der Waals surface area contributed by atoms with Crippen molar-refractivity contribution in [2.24, 2.45) is 0 Å². The molecule has 0 bridgehead atoms. The third-order valence-electron chi connectivity index (χ3n) is 4.79. The van der Waals surface area contributed by atoms with E-state index in [4.69, 9.17) is 5.10 Å². The number of hydrogen-bond donors (Lipinski definition) is 0. The van der Waals surface area contributed by atoms with Crippen LogP contribution in [0.4, 0.5) is 15.3 Å². The number of fused-ring (bicyclic) bond motifs is 1. The van der Waals surface area contributed by atoms with E-state index in [0.717, 1.165) is 59.0 Å². The van der Waals surface area contributed by atoms with Crippen LogP contribution < -0.4 is 9.80 Å². The van der Waals surface area contributed by atoms with Gasteiger partial charge < -0.3 is 9.80 Å². The van der Waals surface area contributed by atoms with Gasteiger partial charge in [-0.05, 0) is 31.2 Å². The molecule has 0 unspecified atom stereocenters. The van der Waals surface area contributed by atoms with Crippen LogP contribution in [-0.2, 0) is 0 Å². The van der Waals surface area contributed by atoms with Crippen LogP contribution in [0.1, 0.15) is 5.69 Å². The predicted molar refractivity (Wildman–Crippen MR) is 107 cm³/mol. The van der Waals surface area contributed by atoms with Crippen molar-refractivity contribution in [1.29, 1.82) is 0 Å². The lowest BCUT2D eigenvalue weighted by molar-refractivity contribution is 0.628. The second-order valence-corrected chi connectivity index (χ2v) is 7.67. The van der Waals surface area contributed by atoms with Crippen LogP contribution in [0.15, 0.2) is 42.9 Å². The molecule has 1 fully saturated rings. The third kappa shape index (κ3) is 3.18. The molecule has 7 nitrogen and oxygen atoms in total. The lowest BCUT2D eigenvalue weighted by Crippen LogP contribution is -2.47. The number of imidazole rings is 1. The molecule has 0 spiro atoms. The first kappa shape index (κ1) is 17.1. The molecule has 0 saturated carbocycles. The maximum Gasteiger partial charge on any atom is 0.214 e. The minimum absolute atomic E-state index is 0.249. The van der Waals surface area contributed by atoms with Crippen LogP contribution in [0, 0.1) is 12.7 Å². The summed E-state index contributed by atoms with van der Waals surface area (Å²) in [5, 5.41) is 5.65. The summed E-state index contributed by atoms with van der Waals surface area (Å²) >= 11 is 1.57. The van der Waals surface area contributed by atoms with Crippen molar-refractivity contribution in [2.75, 3.05) is 36.0 Å². The highest BCUT2D eigenvalue weighted by Gasteiger charge is 2.22. The van der Waals surface area contributed by atoms with Crippen LogP contribution in [0.25, 0.3) is 16.2 Å². The van der Waals surface area contributed by atoms with Crippen LogP contribution >= 0.6 is 11.3 Å². The van der Waals surface area contributed by atoms with Gasteiger partial charge in [0.2, 0.25) is 10.1 Å². The molecule has 3 aromatic heterocycles. The Morgan fingerprint density at radius 1 is 0.964 bits per heavy atom. The zero-order chi connectivity index (χ0) is 19.1. The minimum atomic E-state index is -0.249. The van der Waals surface area contributed by atoms with Crippen LogP contribution in [0.3, 0.4) is 0 Å². The zero-order valence-electron chi connectivity index (χ0n) is 15.3. The highest BCUT2D eigenvalue weighted by Crippen LogP contribution is 2.28. The van der Waals surface area contributed by atoms with Gasteiger partial charge in [0.25, 0.3) is 0 Å². The lowest BCUT2D eigenvalue weighted by atomic mass is 10.2. The second kappa shape index (κ2) is 6.83. The molecule has 0 radical (unpaired) electrons. The first-order valence-electron chi connectivity index (χ1n) is 9.06. The fraction of sp³-hybridized carbons (Fsp3) is 0.263. The molecular formula is C19H18FN7S. The van der Waals surface area contributed by atoms with Crippen LogP contribution in [-0.4, -0.2) is 50.7 Å². The highest BCUT2D eigenvalue weighted by molar-refractivity contribution is 7.20. The third-order valence-corrected chi connectivity index (χ3v) is 5.77. The molecule has 1 aliphatic rings. The monoisotopic (exact) mass is 395 g/mol. The van der Waals surface area contributed by atoms with E-state index in [2.05, 4.69) is 24.8 Å². The summed E-state index contributed by atoms with van der Waals surface area (Å²) in [5.74, 6) is 0.679. The van der Waals surface area contributed by atoms with Crippen molar-refractivity contribution >= 4 is 27.2 Å². The van der Waals surface area contributed by atoms with Gasteiger partial charge in [-0.3, -0.25) is 4.98 Å². The Labute approximate surface area is 165 Å². The SMILES string of the molecule is Cc1cncc(N2CCN(c3nn4cc(-c5ccc(F)cc5)nc4s3)CC2)n1. The standard InChI is InChI=1S/C19H18FN7S/c1-13-10-21-11-17(22-13)25-6-8-26(9-7-25)19-24-27-12-16(23-18(27)28-19)14-2-4-15(20)5-3-14/h2-5,10-12H,6-9H2,1H3. The number of rotatable bonds is 3. The van der Waals surface area contributed by atoms with Gasteiger partial charge >= 0.3 is 0 Å².